The van der Waals surface area contributed by atoms with E-state index in [1.165, 1.54) is 16.7 Å². The van der Waals surface area contributed by atoms with Gasteiger partial charge in [-0.1, -0.05) is 55.2 Å². The summed E-state index contributed by atoms with van der Waals surface area (Å²) in [5.41, 5.74) is 5.82. The molecule has 5 rings (SSSR count). The SMILES string of the molecule is C=CC(=O)N1CCN(c2c(C#N)c(=O)n(-c3c(C)ccnc3C(C)C)c3nc(-c4c(N)c(Cl)c(F)c(Cl)c4F)c(Cl)cc23)C[C@H]1C. The summed E-state index contributed by atoms with van der Waals surface area (Å²) in [6.07, 6.45) is 2.84. The van der Waals surface area contributed by atoms with Crippen LogP contribution in [0.1, 0.15) is 43.5 Å². The molecule has 1 aliphatic rings. The van der Waals surface area contributed by atoms with Crippen LogP contribution in [0.2, 0.25) is 15.1 Å². The molecular weight excluding hydrogens is 659 g/mol. The zero-order chi connectivity index (χ0) is 33.8. The third-order valence-electron chi connectivity index (χ3n) is 8.05. The van der Waals surface area contributed by atoms with Gasteiger partial charge in [-0.15, -0.1) is 0 Å². The van der Waals surface area contributed by atoms with Gasteiger partial charge in [-0.25, -0.2) is 13.8 Å². The number of nitriles is 1. The van der Waals surface area contributed by atoms with Gasteiger partial charge in [-0.3, -0.25) is 19.1 Å². The van der Waals surface area contributed by atoms with Gasteiger partial charge in [-0.05, 0) is 43.5 Å². The van der Waals surface area contributed by atoms with E-state index < -0.39 is 38.5 Å². The number of nitrogens with two attached hydrogens (primary N) is 1. The summed E-state index contributed by atoms with van der Waals surface area (Å²) in [7, 11) is 0. The number of amides is 1. The minimum absolute atomic E-state index is 0.00372. The van der Waals surface area contributed by atoms with Crippen LogP contribution in [-0.2, 0) is 4.79 Å². The average molecular weight is 687 g/mol. The number of aryl methyl sites for hydroxylation is 1. The van der Waals surface area contributed by atoms with Crippen molar-refractivity contribution in [1.29, 1.82) is 5.26 Å². The van der Waals surface area contributed by atoms with E-state index in [1.54, 1.807) is 24.1 Å². The number of rotatable bonds is 5. The first-order chi connectivity index (χ1) is 21.7. The van der Waals surface area contributed by atoms with Gasteiger partial charge in [0.2, 0.25) is 5.91 Å². The molecule has 4 aromatic rings. The summed E-state index contributed by atoms with van der Waals surface area (Å²) in [6.45, 7) is 11.8. The molecule has 0 radical (unpaired) electrons. The predicted octanol–water partition coefficient (Wildman–Crippen LogP) is 6.79. The molecule has 1 saturated heterocycles. The van der Waals surface area contributed by atoms with Crippen LogP contribution < -0.4 is 16.2 Å². The van der Waals surface area contributed by atoms with Gasteiger partial charge in [0.05, 0.1) is 39.0 Å². The van der Waals surface area contributed by atoms with Crippen LogP contribution in [0, 0.1) is 29.9 Å². The second-order valence-corrected chi connectivity index (χ2v) is 12.4. The largest absolute Gasteiger partial charge is 0.397 e. The van der Waals surface area contributed by atoms with Gasteiger partial charge < -0.3 is 15.5 Å². The van der Waals surface area contributed by atoms with Gasteiger partial charge in [-0.2, -0.15) is 5.26 Å². The summed E-state index contributed by atoms with van der Waals surface area (Å²) in [6, 6.07) is 4.93. The van der Waals surface area contributed by atoms with Gasteiger partial charge in [0, 0.05) is 37.3 Å². The Morgan fingerprint density at radius 1 is 1.20 bits per heavy atom. The van der Waals surface area contributed by atoms with Gasteiger partial charge >= 0.3 is 0 Å². The Bertz CT molecular complexity index is 2030. The first kappa shape index (κ1) is 33.1. The molecular formula is C32H28Cl3F2N7O2. The van der Waals surface area contributed by atoms with E-state index >= 15 is 4.39 Å². The fourth-order valence-corrected chi connectivity index (χ4v) is 6.52. The van der Waals surface area contributed by atoms with Crippen LogP contribution in [0.15, 0.2) is 35.8 Å². The number of carbonyl (C=O) groups excluding carboxylic acids is 1. The summed E-state index contributed by atoms with van der Waals surface area (Å²) in [5.74, 6) is -2.89. The zero-order valence-corrected chi connectivity index (χ0v) is 27.5. The Balaban J connectivity index is 1.94. The molecule has 1 fully saturated rings. The number of hydrogen-bond acceptors (Lipinski definition) is 7. The number of aromatic nitrogens is 3. The highest BCUT2D eigenvalue weighted by molar-refractivity contribution is 6.38. The Hall–Kier alpha value is -4.24. The fraction of sp³-hybridized carbons (Fsp3) is 0.281. The Kier molecular flexibility index (Phi) is 9.01. The number of hydrogen-bond donors (Lipinski definition) is 1. The number of halogens is 5. The lowest BCUT2D eigenvalue weighted by Gasteiger charge is -2.41. The van der Waals surface area contributed by atoms with Crippen molar-refractivity contribution in [3.8, 4) is 23.0 Å². The van der Waals surface area contributed by atoms with E-state index in [9.17, 15) is 19.2 Å². The lowest BCUT2D eigenvalue weighted by molar-refractivity contribution is -0.128. The molecule has 1 atom stereocenters. The smallest absolute Gasteiger partial charge is 0.276 e. The number of nitrogens with zero attached hydrogens (tertiary/aromatic N) is 6. The van der Waals surface area contributed by atoms with Crippen molar-refractivity contribution >= 4 is 63.1 Å². The first-order valence-electron chi connectivity index (χ1n) is 14.2. The zero-order valence-electron chi connectivity index (χ0n) is 25.3. The molecule has 2 N–H and O–H groups in total. The van der Waals surface area contributed by atoms with Gasteiger partial charge in [0.15, 0.2) is 11.6 Å². The second kappa shape index (κ2) is 12.5. The first-order valence-corrected chi connectivity index (χ1v) is 15.3. The van der Waals surface area contributed by atoms with Crippen LogP contribution in [0.5, 0.6) is 0 Å². The highest BCUT2D eigenvalue weighted by atomic mass is 35.5. The normalized spacial score (nSPS) is 15.0. The van der Waals surface area contributed by atoms with E-state index in [0.29, 0.717) is 16.9 Å². The maximum Gasteiger partial charge on any atom is 0.276 e. The molecule has 46 heavy (non-hydrogen) atoms. The number of pyridine rings is 3. The number of nitrogen functional groups attached to an aromatic ring is 1. The third-order valence-corrected chi connectivity index (χ3v) is 9.04. The van der Waals surface area contributed by atoms with Crippen LogP contribution in [0.3, 0.4) is 0 Å². The number of anilines is 2. The summed E-state index contributed by atoms with van der Waals surface area (Å²) < 4.78 is 31.4. The van der Waals surface area contributed by atoms with Crippen LogP contribution in [-0.4, -0.2) is 51.0 Å². The average Bonchev–Trinajstić information content (AvgIpc) is 3.02. The highest BCUT2D eigenvalue weighted by Crippen LogP contribution is 2.44. The monoisotopic (exact) mass is 685 g/mol. The van der Waals surface area contributed by atoms with Crippen molar-refractivity contribution in [3.63, 3.8) is 0 Å². The van der Waals surface area contributed by atoms with E-state index in [0.717, 1.165) is 0 Å². The number of benzene rings is 1. The topological polar surface area (TPSA) is 121 Å². The van der Waals surface area contributed by atoms with Crippen LogP contribution >= 0.6 is 34.8 Å². The highest BCUT2D eigenvalue weighted by Gasteiger charge is 2.33. The van der Waals surface area contributed by atoms with Crippen molar-refractivity contribution in [3.05, 3.63) is 84.9 Å². The van der Waals surface area contributed by atoms with Gasteiger partial charge in [0.25, 0.3) is 5.56 Å². The second-order valence-electron chi connectivity index (χ2n) is 11.3. The fourth-order valence-electron chi connectivity index (χ4n) is 5.85. The van der Waals surface area contributed by atoms with E-state index in [1.807, 2.05) is 25.7 Å². The van der Waals surface area contributed by atoms with E-state index in [-0.39, 0.29) is 70.5 Å². The molecule has 238 valence electrons. The minimum Gasteiger partial charge on any atom is -0.397 e. The molecule has 14 heteroatoms. The molecule has 9 nitrogen and oxygen atoms in total. The molecule has 0 saturated carbocycles. The van der Waals surface area contributed by atoms with Crippen molar-refractivity contribution in [2.45, 2.75) is 39.7 Å². The maximum atomic E-state index is 15.6. The lowest BCUT2D eigenvalue weighted by atomic mass is 10.0. The quantitative estimate of drug-likeness (QED) is 0.106. The molecule has 3 aromatic heterocycles. The van der Waals surface area contributed by atoms with Crippen molar-refractivity contribution in [2.24, 2.45) is 0 Å². The molecule has 0 unspecified atom stereocenters. The van der Waals surface area contributed by atoms with E-state index in [2.05, 4.69) is 17.6 Å². The van der Waals surface area contributed by atoms with E-state index in [4.69, 9.17) is 45.5 Å². The Labute approximate surface area is 278 Å². The predicted molar refractivity (Wildman–Crippen MR) is 177 cm³/mol. The maximum absolute atomic E-state index is 15.6. The van der Waals surface area contributed by atoms with Crippen molar-refractivity contribution in [2.75, 3.05) is 30.3 Å². The lowest BCUT2D eigenvalue weighted by Crippen LogP contribution is -2.54. The van der Waals surface area contributed by atoms with Crippen molar-refractivity contribution in [1.82, 2.24) is 19.4 Å². The van der Waals surface area contributed by atoms with Gasteiger partial charge in [0.1, 0.15) is 27.3 Å². The summed E-state index contributed by atoms with van der Waals surface area (Å²) in [4.78, 5) is 39.6. The van der Waals surface area contributed by atoms with Crippen LogP contribution in [0.25, 0.3) is 28.0 Å². The minimum atomic E-state index is -1.24. The standard InChI is InChI=1S/C32H28Cl3F2N7O2/c1-6-20(45)43-10-9-42(13-16(43)5)30-17-11-19(33)28(21-24(36)22(34)25(37)23(35)26(21)39)41-31(17)44(32(46)18(30)12-38)29-15(4)7-8-40-27(29)14(2)3/h6-8,11,14,16H,1,9-10,13,39H2,2-5H3/t16-/m1/s1. The Morgan fingerprint density at radius 3 is 2.50 bits per heavy atom. The third kappa shape index (κ3) is 5.24. The number of fused-ring (bicyclic) bond motifs is 1. The summed E-state index contributed by atoms with van der Waals surface area (Å²) in [5, 5.41) is 9.08. The molecule has 0 aliphatic carbocycles. The molecule has 0 spiro atoms. The molecule has 0 bridgehead atoms. The Morgan fingerprint density at radius 2 is 1.89 bits per heavy atom. The number of piperazine rings is 1. The number of carbonyl (C=O) groups is 1. The molecule has 1 aromatic carbocycles. The van der Waals surface area contributed by atoms with Crippen molar-refractivity contribution < 1.29 is 13.6 Å². The van der Waals surface area contributed by atoms with Crippen LogP contribution in [0.4, 0.5) is 20.2 Å². The summed E-state index contributed by atoms with van der Waals surface area (Å²) >= 11 is 18.8. The molecule has 4 heterocycles. The molecule has 1 amide bonds. The molecule has 1 aliphatic heterocycles.